The van der Waals surface area contributed by atoms with Gasteiger partial charge in [0.1, 0.15) is 5.00 Å². The number of carbonyl (C=O) groups is 1. The maximum absolute atomic E-state index is 12.9. The van der Waals surface area contributed by atoms with Crippen molar-refractivity contribution in [1.29, 1.82) is 0 Å². The van der Waals surface area contributed by atoms with E-state index in [-0.39, 0.29) is 11.9 Å². The third-order valence-corrected chi connectivity index (χ3v) is 7.26. The molecule has 156 valence electrons. The van der Waals surface area contributed by atoms with Crippen molar-refractivity contribution in [1.82, 2.24) is 9.88 Å². The lowest BCUT2D eigenvalue weighted by Crippen LogP contribution is -2.37. The molecule has 1 amide bonds. The van der Waals surface area contributed by atoms with Gasteiger partial charge in [0.25, 0.3) is 5.91 Å². The second-order valence-corrected chi connectivity index (χ2v) is 9.45. The van der Waals surface area contributed by atoms with Gasteiger partial charge in [0.2, 0.25) is 0 Å². The Morgan fingerprint density at radius 2 is 1.80 bits per heavy atom. The molecule has 3 heterocycles. The van der Waals surface area contributed by atoms with Gasteiger partial charge in [0.15, 0.2) is 0 Å². The number of hydrogen-bond donors (Lipinski definition) is 1. The van der Waals surface area contributed by atoms with E-state index >= 15 is 0 Å². The van der Waals surface area contributed by atoms with Crippen LogP contribution in [0.15, 0.2) is 54.7 Å². The van der Waals surface area contributed by atoms with E-state index < -0.39 is 0 Å². The Hall–Kier alpha value is -2.50. The number of nitrogens with one attached hydrogen (secondary N) is 1. The molecule has 4 nitrogen and oxygen atoms in total. The van der Waals surface area contributed by atoms with Gasteiger partial charge in [-0.15, -0.1) is 11.3 Å². The molecular weight excluding hydrogens is 390 g/mol. The normalized spacial score (nSPS) is 16.4. The predicted octanol–water partition coefficient (Wildman–Crippen LogP) is 5.83. The molecular formula is C25H29N3OS. The lowest BCUT2D eigenvalue weighted by molar-refractivity contribution is 0.102. The van der Waals surface area contributed by atoms with Crippen molar-refractivity contribution >= 4 is 22.2 Å². The summed E-state index contributed by atoms with van der Waals surface area (Å²) in [5.74, 6) is 0.693. The summed E-state index contributed by atoms with van der Waals surface area (Å²) < 4.78 is 0. The Kier molecular flexibility index (Phi) is 6.30. The zero-order chi connectivity index (χ0) is 21.1. The van der Waals surface area contributed by atoms with Gasteiger partial charge in [-0.25, -0.2) is 0 Å². The van der Waals surface area contributed by atoms with Crippen LogP contribution in [0.2, 0.25) is 0 Å². The molecule has 4 rings (SSSR count). The quantitative estimate of drug-likeness (QED) is 0.566. The highest BCUT2D eigenvalue weighted by Gasteiger charge is 2.32. The average molecular weight is 420 g/mol. The molecule has 0 unspecified atom stereocenters. The van der Waals surface area contributed by atoms with Crippen molar-refractivity contribution in [2.75, 3.05) is 18.4 Å². The third-order valence-electron chi connectivity index (χ3n) is 6.12. The molecule has 30 heavy (non-hydrogen) atoms. The van der Waals surface area contributed by atoms with Gasteiger partial charge in [0.05, 0.1) is 11.7 Å². The first-order chi connectivity index (χ1) is 14.5. The molecule has 0 spiro atoms. The van der Waals surface area contributed by atoms with E-state index in [1.54, 1.807) is 11.3 Å². The number of rotatable bonds is 5. The first-order valence-electron chi connectivity index (χ1n) is 10.7. The number of amides is 1. The number of thiophene rings is 1. The lowest BCUT2D eigenvalue weighted by atomic mass is 9.93. The van der Waals surface area contributed by atoms with E-state index in [0.29, 0.717) is 5.56 Å². The summed E-state index contributed by atoms with van der Waals surface area (Å²) in [6.07, 6.45) is 4.25. The fourth-order valence-corrected chi connectivity index (χ4v) is 5.26. The molecule has 1 N–H and O–H groups in total. The van der Waals surface area contributed by atoms with Crippen molar-refractivity contribution < 1.29 is 4.79 Å². The standard InChI is InChI=1S/C25H29N3OS/c1-17-12-15-28(16-13-17)23(21-11-7-8-14-26-21)22-18(2)19(3)30-25(22)27-24(29)20-9-5-4-6-10-20/h4-11,14,17,23H,12-13,15-16H2,1-3H3,(H,27,29)/t23-/m1/s1. The van der Waals surface area contributed by atoms with Gasteiger partial charge in [0, 0.05) is 22.2 Å². The molecule has 2 aromatic heterocycles. The summed E-state index contributed by atoms with van der Waals surface area (Å²) in [6, 6.07) is 15.6. The summed E-state index contributed by atoms with van der Waals surface area (Å²) in [4.78, 5) is 21.4. The molecule has 0 bridgehead atoms. The lowest BCUT2D eigenvalue weighted by Gasteiger charge is -2.37. The van der Waals surface area contributed by atoms with Crippen LogP contribution in [0.5, 0.6) is 0 Å². The van der Waals surface area contributed by atoms with E-state index in [1.807, 2.05) is 42.6 Å². The van der Waals surface area contributed by atoms with Gasteiger partial charge >= 0.3 is 0 Å². The number of piperidine rings is 1. The first kappa shape index (κ1) is 20.8. The second kappa shape index (κ2) is 9.11. The summed E-state index contributed by atoms with van der Waals surface area (Å²) >= 11 is 1.67. The maximum Gasteiger partial charge on any atom is 0.256 e. The minimum atomic E-state index is -0.0647. The highest BCUT2D eigenvalue weighted by atomic mass is 32.1. The van der Waals surface area contributed by atoms with E-state index in [2.05, 4.69) is 43.1 Å². The van der Waals surface area contributed by atoms with Crippen LogP contribution in [0.25, 0.3) is 0 Å². The number of pyridine rings is 1. The van der Waals surface area contributed by atoms with Gasteiger partial charge in [-0.05, 0) is 75.5 Å². The zero-order valence-corrected chi connectivity index (χ0v) is 18.7. The average Bonchev–Trinajstić information content (AvgIpc) is 3.04. The third kappa shape index (κ3) is 4.32. The van der Waals surface area contributed by atoms with Crippen molar-refractivity contribution in [3.63, 3.8) is 0 Å². The van der Waals surface area contributed by atoms with Gasteiger partial charge in [-0.2, -0.15) is 0 Å². The molecule has 1 saturated heterocycles. The molecule has 5 heteroatoms. The summed E-state index contributed by atoms with van der Waals surface area (Å²) in [5, 5.41) is 4.15. The first-order valence-corrected chi connectivity index (χ1v) is 11.5. The van der Waals surface area contributed by atoms with Crippen LogP contribution in [0, 0.1) is 19.8 Å². The monoisotopic (exact) mass is 419 g/mol. The molecule has 1 fully saturated rings. The molecule has 1 aliphatic heterocycles. The highest BCUT2D eigenvalue weighted by molar-refractivity contribution is 7.16. The van der Waals surface area contributed by atoms with E-state index in [0.717, 1.165) is 29.7 Å². The summed E-state index contributed by atoms with van der Waals surface area (Å²) in [5.41, 5.74) is 4.16. The van der Waals surface area contributed by atoms with Crippen LogP contribution in [-0.2, 0) is 0 Å². The van der Waals surface area contributed by atoms with Crippen LogP contribution >= 0.6 is 11.3 Å². The summed E-state index contributed by atoms with van der Waals surface area (Å²) in [6.45, 7) is 8.72. The predicted molar refractivity (Wildman–Crippen MR) is 124 cm³/mol. The number of aryl methyl sites for hydroxylation is 1. The molecule has 0 radical (unpaired) electrons. The maximum atomic E-state index is 12.9. The molecule has 1 aromatic carbocycles. The fraction of sp³-hybridized carbons (Fsp3) is 0.360. The van der Waals surface area contributed by atoms with Gasteiger partial charge in [-0.1, -0.05) is 31.2 Å². The number of likely N-dealkylation sites (tertiary alicyclic amines) is 1. The molecule has 0 saturated carbocycles. The van der Waals surface area contributed by atoms with Crippen LogP contribution in [0.1, 0.15) is 57.9 Å². The van der Waals surface area contributed by atoms with Crippen molar-refractivity contribution in [2.24, 2.45) is 5.92 Å². The molecule has 3 aromatic rings. The Labute approximate surface area is 183 Å². The van der Waals surface area contributed by atoms with E-state index in [9.17, 15) is 4.79 Å². The van der Waals surface area contributed by atoms with Gasteiger partial charge < -0.3 is 5.32 Å². The number of carbonyl (C=O) groups excluding carboxylic acids is 1. The van der Waals surface area contributed by atoms with Crippen molar-refractivity contribution in [3.8, 4) is 0 Å². The smallest absolute Gasteiger partial charge is 0.256 e. The van der Waals surface area contributed by atoms with Gasteiger partial charge in [-0.3, -0.25) is 14.7 Å². The number of benzene rings is 1. The van der Waals surface area contributed by atoms with Crippen molar-refractivity contribution in [2.45, 2.75) is 39.7 Å². The van der Waals surface area contributed by atoms with Crippen LogP contribution in [0.4, 0.5) is 5.00 Å². The largest absolute Gasteiger partial charge is 0.313 e. The van der Waals surface area contributed by atoms with Crippen LogP contribution in [0.3, 0.4) is 0 Å². The van der Waals surface area contributed by atoms with Crippen LogP contribution < -0.4 is 5.32 Å². The number of nitrogens with zero attached hydrogens (tertiary/aromatic N) is 2. The Balaban J connectivity index is 1.74. The van der Waals surface area contributed by atoms with E-state index in [1.165, 1.54) is 28.8 Å². The molecule has 1 atom stereocenters. The van der Waals surface area contributed by atoms with E-state index in [4.69, 9.17) is 4.98 Å². The topological polar surface area (TPSA) is 45.2 Å². The number of aromatic nitrogens is 1. The highest BCUT2D eigenvalue weighted by Crippen LogP contribution is 2.42. The SMILES string of the molecule is Cc1sc(NC(=O)c2ccccc2)c([C@@H](c2ccccn2)N2CCC(C)CC2)c1C. The summed E-state index contributed by atoms with van der Waals surface area (Å²) in [7, 11) is 0. The Morgan fingerprint density at radius 1 is 1.10 bits per heavy atom. The van der Waals surface area contributed by atoms with Crippen molar-refractivity contribution in [3.05, 3.63) is 82.0 Å². The molecule has 0 aliphatic carbocycles. The number of anilines is 1. The molecule has 1 aliphatic rings. The minimum Gasteiger partial charge on any atom is -0.313 e. The number of hydrogen-bond acceptors (Lipinski definition) is 4. The zero-order valence-electron chi connectivity index (χ0n) is 17.9. The second-order valence-electron chi connectivity index (χ2n) is 8.22. The Bertz CT molecular complexity index is 992. The Morgan fingerprint density at radius 3 is 2.47 bits per heavy atom. The fourth-order valence-electron chi connectivity index (χ4n) is 4.17. The van der Waals surface area contributed by atoms with Crippen LogP contribution in [-0.4, -0.2) is 28.9 Å². The minimum absolute atomic E-state index is 0.0507.